The fourth-order valence-corrected chi connectivity index (χ4v) is 0.170. The fraction of sp³-hybridized carbons (Fsp3) is 0.667. The molecule has 0 radical (unpaired) electrons. The van der Waals surface area contributed by atoms with Crippen molar-refractivity contribution < 1.29 is 10.1 Å². The first kappa shape index (κ1) is 6.39. The van der Waals surface area contributed by atoms with E-state index in [9.17, 15) is 0 Å². The second-order valence-electron chi connectivity index (χ2n) is 0.899. The third-order valence-electron chi connectivity index (χ3n) is 0.417. The van der Waals surface area contributed by atoms with Gasteiger partial charge in [0.2, 0.25) is 0 Å². The smallest absolute Gasteiger partial charge is 0.101 e. The van der Waals surface area contributed by atoms with Crippen LogP contribution >= 0.6 is 0 Å². The van der Waals surface area contributed by atoms with Gasteiger partial charge in [0.15, 0.2) is 0 Å². The Morgan fingerprint density at radius 1 is 1.86 bits per heavy atom. The van der Waals surface area contributed by atoms with Crippen molar-refractivity contribution in [1.82, 2.24) is 5.43 Å². The number of nitrogens with one attached hydrogen (secondary N) is 1. The summed E-state index contributed by atoms with van der Waals surface area (Å²) in [6.07, 6.45) is 0. The van der Waals surface area contributed by atoms with Gasteiger partial charge >= 0.3 is 0 Å². The summed E-state index contributed by atoms with van der Waals surface area (Å²) in [6.45, 7) is 3.86. The van der Waals surface area contributed by atoms with Crippen molar-refractivity contribution in [2.75, 3.05) is 13.2 Å². The van der Waals surface area contributed by atoms with E-state index in [0.29, 0.717) is 6.54 Å². The highest BCUT2D eigenvalue weighted by Crippen LogP contribution is 1.60. The normalized spacial score (nSPS) is 8.14. The quantitative estimate of drug-likeness (QED) is 0.222. The molecule has 0 aliphatic rings. The lowest BCUT2D eigenvalue weighted by molar-refractivity contribution is -0.240. The Bertz CT molecular complexity index is 48.2. The molecule has 0 aliphatic carbocycles. The molecule has 0 spiro atoms. The summed E-state index contributed by atoms with van der Waals surface area (Å²) in [7, 11) is 0. The molecule has 0 rings (SSSR count). The zero-order chi connectivity index (χ0) is 5.54. The molecule has 0 aromatic heterocycles. The Kier molecular flexibility index (Phi) is 4.92. The van der Waals surface area contributed by atoms with Gasteiger partial charge in [0, 0.05) is 6.72 Å². The second kappa shape index (κ2) is 5.39. The molecule has 0 bridgehead atoms. The molecular weight excluding hydrogens is 96.0 g/mol. The van der Waals surface area contributed by atoms with Crippen LogP contribution in [0.15, 0.2) is 5.10 Å². The maximum Gasteiger partial charge on any atom is 0.101 e. The van der Waals surface area contributed by atoms with Crippen LogP contribution < -0.4 is 5.43 Å². The molecule has 0 amide bonds. The van der Waals surface area contributed by atoms with Crippen LogP contribution in [0.25, 0.3) is 0 Å². The van der Waals surface area contributed by atoms with Crippen molar-refractivity contribution in [2.24, 2.45) is 5.10 Å². The molecule has 42 valence electrons. The van der Waals surface area contributed by atoms with E-state index >= 15 is 0 Å². The Balaban J connectivity index is 2.56. The Morgan fingerprint density at radius 2 is 2.57 bits per heavy atom. The minimum absolute atomic E-state index is 0.235. The highest BCUT2D eigenvalue weighted by atomic mass is 17.1. The maximum atomic E-state index is 7.69. The Hall–Kier alpha value is -0.610. The van der Waals surface area contributed by atoms with Gasteiger partial charge in [-0.25, -0.2) is 4.89 Å². The van der Waals surface area contributed by atoms with Gasteiger partial charge in [-0.1, -0.05) is 0 Å². The van der Waals surface area contributed by atoms with Crippen molar-refractivity contribution in [3.63, 3.8) is 0 Å². The summed E-state index contributed by atoms with van der Waals surface area (Å²) in [5.74, 6) is 0. The molecule has 7 heavy (non-hydrogen) atoms. The zero-order valence-electron chi connectivity index (χ0n) is 3.92. The van der Waals surface area contributed by atoms with Gasteiger partial charge in [-0.3, -0.25) is 5.26 Å². The van der Waals surface area contributed by atoms with E-state index in [2.05, 4.69) is 22.1 Å². The van der Waals surface area contributed by atoms with E-state index < -0.39 is 0 Å². The summed E-state index contributed by atoms with van der Waals surface area (Å²) in [4.78, 5) is 3.69. The van der Waals surface area contributed by atoms with Crippen molar-refractivity contribution in [1.29, 1.82) is 0 Å². The van der Waals surface area contributed by atoms with E-state index in [0.717, 1.165) is 0 Å². The first-order chi connectivity index (χ1) is 3.41. The van der Waals surface area contributed by atoms with E-state index in [1.165, 1.54) is 0 Å². The number of nitrogens with zero attached hydrogens (tertiary/aromatic N) is 1. The van der Waals surface area contributed by atoms with E-state index in [1.54, 1.807) is 0 Å². The molecule has 0 unspecified atom stereocenters. The minimum Gasteiger partial charge on any atom is -0.308 e. The maximum absolute atomic E-state index is 7.69. The van der Waals surface area contributed by atoms with Crippen molar-refractivity contribution in [3.05, 3.63) is 0 Å². The van der Waals surface area contributed by atoms with Gasteiger partial charge < -0.3 is 5.43 Å². The van der Waals surface area contributed by atoms with Crippen LogP contribution in [0.3, 0.4) is 0 Å². The molecule has 0 aromatic rings. The number of hydrazone groups is 1. The van der Waals surface area contributed by atoms with Crippen LogP contribution in [-0.4, -0.2) is 25.1 Å². The molecule has 0 fully saturated rings. The van der Waals surface area contributed by atoms with Crippen molar-refractivity contribution >= 4 is 6.72 Å². The average molecular weight is 104 g/mol. The molecule has 0 saturated heterocycles. The number of hydrogen-bond acceptors (Lipinski definition) is 4. The van der Waals surface area contributed by atoms with Crippen LogP contribution in [0.4, 0.5) is 0 Å². The van der Waals surface area contributed by atoms with Crippen LogP contribution in [-0.2, 0) is 4.89 Å². The lowest BCUT2D eigenvalue weighted by atomic mass is 10.7. The molecule has 4 heteroatoms. The van der Waals surface area contributed by atoms with Crippen LogP contribution in [0, 0.1) is 0 Å². The SMILES string of the molecule is C=NNCCOO. The lowest BCUT2D eigenvalue weighted by Crippen LogP contribution is -2.11. The van der Waals surface area contributed by atoms with E-state index in [4.69, 9.17) is 5.26 Å². The minimum atomic E-state index is 0.235. The van der Waals surface area contributed by atoms with Crippen LogP contribution in [0.1, 0.15) is 0 Å². The molecule has 0 aromatic carbocycles. The number of hydrogen-bond donors (Lipinski definition) is 2. The summed E-state index contributed by atoms with van der Waals surface area (Å²) in [6, 6.07) is 0. The monoisotopic (exact) mass is 104 g/mol. The van der Waals surface area contributed by atoms with Gasteiger partial charge in [0.25, 0.3) is 0 Å². The molecule has 0 atom stereocenters. The molecule has 0 heterocycles. The standard InChI is InChI=1S/C3H8N2O2/c1-4-5-2-3-7-6/h5-6H,1-3H2. The topological polar surface area (TPSA) is 53.9 Å². The summed E-state index contributed by atoms with van der Waals surface area (Å²) >= 11 is 0. The molecule has 0 aliphatic heterocycles. The Labute approximate surface area is 41.7 Å². The Morgan fingerprint density at radius 3 is 3.00 bits per heavy atom. The van der Waals surface area contributed by atoms with Crippen molar-refractivity contribution in [3.8, 4) is 0 Å². The summed E-state index contributed by atoms with van der Waals surface area (Å²) in [5.41, 5.74) is 2.48. The molecule has 0 saturated carbocycles. The van der Waals surface area contributed by atoms with Gasteiger partial charge in [-0.15, -0.1) is 0 Å². The van der Waals surface area contributed by atoms with Gasteiger partial charge in [0.05, 0.1) is 6.54 Å². The predicted octanol–water partition coefficient (Wildman–Crippen LogP) is -0.319. The van der Waals surface area contributed by atoms with Gasteiger partial charge in [-0.05, 0) is 0 Å². The summed E-state index contributed by atoms with van der Waals surface area (Å²) in [5, 5.41) is 11.0. The van der Waals surface area contributed by atoms with Crippen LogP contribution in [0.5, 0.6) is 0 Å². The predicted molar refractivity (Wildman–Crippen MR) is 26.1 cm³/mol. The lowest BCUT2D eigenvalue weighted by Gasteiger charge is -1.92. The van der Waals surface area contributed by atoms with E-state index in [-0.39, 0.29) is 6.61 Å². The summed E-state index contributed by atoms with van der Waals surface area (Å²) < 4.78 is 0. The zero-order valence-corrected chi connectivity index (χ0v) is 3.92. The van der Waals surface area contributed by atoms with Crippen molar-refractivity contribution in [2.45, 2.75) is 0 Å². The number of rotatable bonds is 4. The highest BCUT2D eigenvalue weighted by Gasteiger charge is 1.76. The first-order valence-corrected chi connectivity index (χ1v) is 1.86. The van der Waals surface area contributed by atoms with Gasteiger partial charge in [0.1, 0.15) is 6.61 Å². The molecule has 2 N–H and O–H groups in total. The van der Waals surface area contributed by atoms with Gasteiger partial charge in [-0.2, -0.15) is 5.10 Å². The first-order valence-electron chi connectivity index (χ1n) is 1.86. The third kappa shape index (κ3) is 5.39. The average Bonchev–Trinajstić information content (AvgIpc) is 1.69. The highest BCUT2D eigenvalue weighted by molar-refractivity contribution is 5.22. The molecular formula is C3H8N2O2. The van der Waals surface area contributed by atoms with E-state index in [1.807, 2.05) is 0 Å². The third-order valence-corrected chi connectivity index (χ3v) is 0.417. The largest absolute Gasteiger partial charge is 0.308 e. The van der Waals surface area contributed by atoms with Crippen LogP contribution in [0.2, 0.25) is 0 Å². The second-order valence-corrected chi connectivity index (χ2v) is 0.899. The molecule has 4 nitrogen and oxygen atoms in total. The fourth-order valence-electron chi connectivity index (χ4n) is 0.170.